The minimum atomic E-state index is -3.05. The number of aryl methyl sites for hydroxylation is 1. The van der Waals surface area contributed by atoms with Crippen LogP contribution >= 0.6 is 0 Å². The molecule has 0 heterocycles. The number of nitrogens with one attached hydrogen (secondary N) is 1. The second-order valence-corrected chi connectivity index (χ2v) is 7.90. The minimum absolute atomic E-state index is 0.118. The zero-order valence-electron chi connectivity index (χ0n) is 12.3. The van der Waals surface area contributed by atoms with Gasteiger partial charge in [-0.05, 0) is 39.3 Å². The number of hydrogen-bond acceptors (Lipinski definition) is 3. The lowest BCUT2D eigenvalue weighted by Crippen LogP contribution is -2.31. The van der Waals surface area contributed by atoms with Gasteiger partial charge in [-0.25, -0.2) is 8.42 Å². The molecule has 0 radical (unpaired) electrons. The molecule has 19 heavy (non-hydrogen) atoms. The summed E-state index contributed by atoms with van der Waals surface area (Å²) in [6.07, 6.45) is 0.990. The predicted molar refractivity (Wildman–Crippen MR) is 81.1 cm³/mol. The highest BCUT2D eigenvalue weighted by molar-refractivity contribution is 7.92. The average Bonchev–Trinajstić information content (AvgIpc) is 2.35. The Morgan fingerprint density at radius 1 is 1.16 bits per heavy atom. The van der Waals surface area contributed by atoms with Crippen LogP contribution in [0.15, 0.2) is 24.3 Å². The lowest BCUT2D eigenvalue weighted by Gasteiger charge is -2.20. The van der Waals surface area contributed by atoms with Crippen LogP contribution in [0.3, 0.4) is 0 Å². The molecule has 1 aromatic carbocycles. The average molecular weight is 283 g/mol. The Hall–Kier alpha value is -0.870. The van der Waals surface area contributed by atoms with E-state index < -0.39 is 9.84 Å². The third kappa shape index (κ3) is 4.96. The first kappa shape index (κ1) is 16.2. The highest BCUT2D eigenvalue weighted by atomic mass is 32.2. The van der Waals surface area contributed by atoms with Crippen LogP contribution in [-0.4, -0.2) is 26.0 Å². The van der Waals surface area contributed by atoms with E-state index in [-0.39, 0.29) is 17.0 Å². The van der Waals surface area contributed by atoms with Crippen molar-refractivity contribution in [3.63, 3.8) is 0 Å². The Labute approximate surface area is 117 Å². The van der Waals surface area contributed by atoms with Crippen molar-refractivity contribution in [1.29, 1.82) is 0 Å². The Morgan fingerprint density at radius 2 is 1.74 bits per heavy atom. The van der Waals surface area contributed by atoms with Crippen molar-refractivity contribution < 1.29 is 8.42 Å². The van der Waals surface area contributed by atoms with Crippen molar-refractivity contribution in [2.45, 2.75) is 45.4 Å². The maximum absolute atomic E-state index is 12.1. The lowest BCUT2D eigenvalue weighted by atomic mass is 10.1. The highest BCUT2D eigenvalue weighted by Crippen LogP contribution is 2.18. The molecule has 0 saturated carbocycles. The van der Waals surface area contributed by atoms with E-state index in [1.807, 2.05) is 31.2 Å². The monoisotopic (exact) mass is 283 g/mol. The molecular weight excluding hydrogens is 258 g/mol. The van der Waals surface area contributed by atoms with Crippen LogP contribution in [0.2, 0.25) is 0 Å². The van der Waals surface area contributed by atoms with E-state index in [9.17, 15) is 8.42 Å². The first-order valence-corrected chi connectivity index (χ1v) is 8.60. The SMILES string of the molecule is CCCNC(CS(=O)(=O)C(C)C)c1ccc(C)cc1. The second kappa shape index (κ2) is 7.06. The third-order valence-corrected chi connectivity index (χ3v) is 5.47. The molecule has 0 spiro atoms. The van der Waals surface area contributed by atoms with Gasteiger partial charge in [0.05, 0.1) is 11.0 Å². The van der Waals surface area contributed by atoms with E-state index in [1.54, 1.807) is 13.8 Å². The van der Waals surface area contributed by atoms with Gasteiger partial charge in [0.25, 0.3) is 0 Å². The van der Waals surface area contributed by atoms with Crippen LogP contribution in [0.4, 0.5) is 0 Å². The van der Waals surface area contributed by atoms with Crippen LogP contribution in [0.25, 0.3) is 0 Å². The summed E-state index contributed by atoms with van der Waals surface area (Å²) in [6.45, 7) is 8.41. The quantitative estimate of drug-likeness (QED) is 0.837. The van der Waals surface area contributed by atoms with Crippen LogP contribution < -0.4 is 5.32 Å². The first-order valence-electron chi connectivity index (χ1n) is 6.88. The molecule has 3 nitrogen and oxygen atoms in total. The standard InChI is InChI=1S/C15H25NO2S/c1-5-10-16-15(11-19(17,18)12(2)3)14-8-6-13(4)7-9-14/h6-9,12,15-16H,5,10-11H2,1-4H3. The fourth-order valence-electron chi connectivity index (χ4n) is 1.82. The smallest absolute Gasteiger partial charge is 0.154 e. The van der Waals surface area contributed by atoms with Gasteiger partial charge in [0.15, 0.2) is 9.84 Å². The maximum atomic E-state index is 12.1. The van der Waals surface area contributed by atoms with Gasteiger partial charge >= 0.3 is 0 Å². The van der Waals surface area contributed by atoms with Crippen molar-refractivity contribution in [1.82, 2.24) is 5.32 Å². The number of sulfone groups is 1. The molecule has 108 valence electrons. The Morgan fingerprint density at radius 3 is 2.21 bits per heavy atom. The topological polar surface area (TPSA) is 46.2 Å². The number of benzene rings is 1. The highest BCUT2D eigenvalue weighted by Gasteiger charge is 2.23. The molecule has 0 amide bonds. The maximum Gasteiger partial charge on any atom is 0.154 e. The zero-order valence-corrected chi connectivity index (χ0v) is 13.1. The Bertz CT molecular complexity index is 477. The van der Waals surface area contributed by atoms with Gasteiger partial charge in [0, 0.05) is 6.04 Å². The predicted octanol–water partition coefficient (Wildman–Crippen LogP) is 2.86. The summed E-state index contributed by atoms with van der Waals surface area (Å²) in [5, 5.41) is 3.01. The molecule has 1 unspecified atom stereocenters. The fraction of sp³-hybridized carbons (Fsp3) is 0.600. The molecule has 1 atom stereocenters. The van der Waals surface area contributed by atoms with E-state index in [4.69, 9.17) is 0 Å². The molecule has 4 heteroatoms. The molecule has 0 aromatic heterocycles. The van der Waals surface area contributed by atoms with Crippen molar-refractivity contribution in [2.24, 2.45) is 0 Å². The Kier molecular flexibility index (Phi) is 6.01. The summed E-state index contributed by atoms with van der Waals surface area (Å²) >= 11 is 0. The number of hydrogen-bond donors (Lipinski definition) is 1. The number of rotatable bonds is 7. The first-order chi connectivity index (χ1) is 8.86. The molecule has 1 N–H and O–H groups in total. The van der Waals surface area contributed by atoms with Crippen LogP contribution in [-0.2, 0) is 9.84 Å². The zero-order chi connectivity index (χ0) is 14.5. The van der Waals surface area contributed by atoms with E-state index in [2.05, 4.69) is 12.2 Å². The summed E-state index contributed by atoms with van der Waals surface area (Å²) in [5.41, 5.74) is 2.23. The molecule has 0 aliphatic rings. The van der Waals surface area contributed by atoms with Crippen LogP contribution in [0.5, 0.6) is 0 Å². The molecule has 0 fully saturated rings. The van der Waals surface area contributed by atoms with Crippen molar-refractivity contribution in [3.05, 3.63) is 35.4 Å². The largest absolute Gasteiger partial charge is 0.309 e. The third-order valence-electron chi connectivity index (χ3n) is 3.24. The van der Waals surface area contributed by atoms with Crippen molar-refractivity contribution in [3.8, 4) is 0 Å². The molecule has 1 aromatic rings. The summed E-state index contributed by atoms with van der Waals surface area (Å²) in [4.78, 5) is 0. The van der Waals surface area contributed by atoms with E-state index in [0.29, 0.717) is 0 Å². The van der Waals surface area contributed by atoms with E-state index in [1.165, 1.54) is 5.56 Å². The lowest BCUT2D eigenvalue weighted by molar-refractivity contribution is 0.541. The van der Waals surface area contributed by atoms with Gasteiger partial charge < -0.3 is 5.32 Å². The summed E-state index contributed by atoms with van der Waals surface area (Å²) in [7, 11) is -3.05. The van der Waals surface area contributed by atoms with Gasteiger partial charge in [-0.2, -0.15) is 0 Å². The van der Waals surface area contributed by atoms with Crippen molar-refractivity contribution >= 4 is 9.84 Å². The normalized spacial score (nSPS) is 13.7. The van der Waals surface area contributed by atoms with Crippen LogP contribution in [0, 0.1) is 6.92 Å². The molecule has 0 bridgehead atoms. The van der Waals surface area contributed by atoms with Gasteiger partial charge in [-0.15, -0.1) is 0 Å². The van der Waals surface area contributed by atoms with Crippen molar-refractivity contribution in [2.75, 3.05) is 12.3 Å². The van der Waals surface area contributed by atoms with E-state index >= 15 is 0 Å². The van der Waals surface area contributed by atoms with Gasteiger partial charge in [0.1, 0.15) is 0 Å². The second-order valence-electron chi connectivity index (χ2n) is 5.30. The molecule has 0 saturated heterocycles. The van der Waals surface area contributed by atoms with Gasteiger partial charge in [-0.3, -0.25) is 0 Å². The summed E-state index contributed by atoms with van der Waals surface area (Å²) in [5.74, 6) is 0.160. The fourth-order valence-corrected chi connectivity index (χ4v) is 2.97. The minimum Gasteiger partial charge on any atom is -0.309 e. The van der Waals surface area contributed by atoms with Crippen LogP contribution in [0.1, 0.15) is 44.4 Å². The Balaban J connectivity index is 2.92. The molecule has 1 rings (SSSR count). The van der Waals surface area contributed by atoms with E-state index in [0.717, 1.165) is 18.5 Å². The molecular formula is C15H25NO2S. The summed E-state index contributed by atoms with van der Waals surface area (Å²) < 4.78 is 24.2. The van der Waals surface area contributed by atoms with Gasteiger partial charge in [0.2, 0.25) is 0 Å². The summed E-state index contributed by atoms with van der Waals surface area (Å²) in [6, 6.07) is 7.96. The molecule has 0 aliphatic heterocycles. The molecule has 0 aliphatic carbocycles. The van der Waals surface area contributed by atoms with Gasteiger partial charge in [-0.1, -0.05) is 36.8 Å².